The van der Waals surface area contributed by atoms with Gasteiger partial charge in [0.25, 0.3) is 15.8 Å². The molecule has 0 aliphatic carbocycles. The molecule has 0 heterocycles. The van der Waals surface area contributed by atoms with Crippen molar-refractivity contribution >= 4 is 38.0 Å². The van der Waals surface area contributed by atoms with E-state index in [-0.39, 0.29) is 17.1 Å². The highest BCUT2D eigenvalue weighted by molar-refractivity contribution is 7.86. The Hall–Kier alpha value is -3.37. The van der Waals surface area contributed by atoms with Gasteiger partial charge in [-0.3, -0.25) is 14.7 Å². The number of azo groups is 1. The first-order valence-corrected chi connectivity index (χ1v) is 9.02. The van der Waals surface area contributed by atoms with E-state index in [1.807, 2.05) is 0 Å². The third-order valence-corrected chi connectivity index (χ3v) is 4.76. The zero-order valence-electron chi connectivity index (χ0n) is 13.9. The monoisotopic (exact) mass is 387 g/mol. The topological polar surface area (TPSA) is 142 Å². The molecule has 0 spiro atoms. The number of rotatable bonds is 4. The molecule has 27 heavy (non-hydrogen) atoms. The van der Waals surface area contributed by atoms with Crippen molar-refractivity contribution in [2.75, 3.05) is 0 Å². The number of benzene rings is 3. The Morgan fingerprint density at radius 2 is 1.78 bits per heavy atom. The van der Waals surface area contributed by atoms with Crippen molar-refractivity contribution in [3.05, 3.63) is 64.2 Å². The maximum atomic E-state index is 11.5. The van der Waals surface area contributed by atoms with Crippen molar-refractivity contribution in [3.63, 3.8) is 0 Å². The number of nitro groups is 1. The quantitative estimate of drug-likeness (QED) is 0.293. The van der Waals surface area contributed by atoms with Gasteiger partial charge >= 0.3 is 0 Å². The largest absolute Gasteiger partial charge is 0.504 e. The first kappa shape index (κ1) is 18.4. The van der Waals surface area contributed by atoms with Crippen LogP contribution in [0.25, 0.3) is 10.8 Å². The van der Waals surface area contributed by atoms with E-state index in [2.05, 4.69) is 10.2 Å². The van der Waals surface area contributed by atoms with Gasteiger partial charge in [-0.2, -0.15) is 8.42 Å². The Bertz CT molecular complexity index is 1200. The molecule has 0 fully saturated rings. The maximum absolute atomic E-state index is 11.5. The average molecular weight is 387 g/mol. The zero-order chi connectivity index (χ0) is 19.8. The van der Waals surface area contributed by atoms with Crippen molar-refractivity contribution in [1.29, 1.82) is 0 Å². The second-order valence-corrected chi connectivity index (χ2v) is 7.06. The van der Waals surface area contributed by atoms with Gasteiger partial charge in [-0.25, -0.2) is 0 Å². The van der Waals surface area contributed by atoms with E-state index in [0.29, 0.717) is 16.3 Å². The third-order valence-electron chi connectivity index (χ3n) is 3.89. The minimum atomic E-state index is -4.72. The molecule has 0 aliphatic heterocycles. The van der Waals surface area contributed by atoms with Crippen LogP contribution in [-0.4, -0.2) is 23.0 Å². The van der Waals surface area contributed by atoms with Crippen molar-refractivity contribution in [3.8, 4) is 5.75 Å². The highest BCUT2D eigenvalue weighted by atomic mass is 32.2. The smallest absolute Gasteiger partial charge is 0.299 e. The molecule has 0 amide bonds. The second-order valence-electron chi connectivity index (χ2n) is 5.67. The number of para-hydroxylation sites is 1. The maximum Gasteiger partial charge on any atom is 0.299 e. The first-order chi connectivity index (χ1) is 12.7. The van der Waals surface area contributed by atoms with Crippen molar-refractivity contribution in [1.82, 2.24) is 0 Å². The van der Waals surface area contributed by atoms with Crippen LogP contribution in [0, 0.1) is 17.0 Å². The number of nitro benzene ring substituents is 1. The number of hydrogen-bond donors (Lipinski definition) is 2. The van der Waals surface area contributed by atoms with E-state index in [1.165, 1.54) is 6.07 Å². The predicted molar refractivity (Wildman–Crippen MR) is 97.4 cm³/mol. The molecular weight excluding hydrogens is 374 g/mol. The van der Waals surface area contributed by atoms with E-state index < -0.39 is 25.7 Å². The van der Waals surface area contributed by atoms with Crippen molar-refractivity contribution < 1.29 is 23.0 Å². The summed E-state index contributed by atoms with van der Waals surface area (Å²) < 4.78 is 32.4. The summed E-state index contributed by atoms with van der Waals surface area (Å²) in [7, 11) is -4.72. The summed E-state index contributed by atoms with van der Waals surface area (Å²) >= 11 is 0. The molecular formula is C17H13N3O6S. The summed E-state index contributed by atoms with van der Waals surface area (Å²) in [6.45, 7) is 1.54. The number of aromatic hydroxyl groups is 1. The molecule has 0 bridgehead atoms. The fourth-order valence-corrected chi connectivity index (χ4v) is 3.27. The van der Waals surface area contributed by atoms with Gasteiger partial charge in [-0.15, -0.1) is 10.2 Å². The summed E-state index contributed by atoms with van der Waals surface area (Å²) in [4.78, 5) is 9.93. The molecule has 0 saturated carbocycles. The molecule has 10 heteroatoms. The molecule has 3 aromatic rings. The van der Waals surface area contributed by atoms with Crippen LogP contribution in [0.1, 0.15) is 5.56 Å². The van der Waals surface area contributed by atoms with Crippen LogP contribution in [0.15, 0.2) is 63.7 Å². The Morgan fingerprint density at radius 1 is 1.07 bits per heavy atom. The van der Waals surface area contributed by atoms with Gasteiger partial charge in [-0.1, -0.05) is 36.4 Å². The van der Waals surface area contributed by atoms with E-state index in [1.54, 1.807) is 43.3 Å². The van der Waals surface area contributed by atoms with Gasteiger partial charge < -0.3 is 5.11 Å². The number of aryl methyl sites for hydroxylation is 1. The van der Waals surface area contributed by atoms with Crippen LogP contribution >= 0.6 is 0 Å². The highest BCUT2D eigenvalue weighted by Crippen LogP contribution is 2.42. The molecule has 0 aromatic heterocycles. The lowest BCUT2D eigenvalue weighted by Gasteiger charge is -2.08. The minimum absolute atomic E-state index is 0.0549. The Balaban J connectivity index is 2.27. The Morgan fingerprint density at radius 3 is 2.44 bits per heavy atom. The molecule has 138 valence electrons. The number of hydrogen-bond acceptors (Lipinski definition) is 7. The molecule has 3 aromatic carbocycles. The normalized spacial score (nSPS) is 11.9. The number of fused-ring (bicyclic) bond motifs is 1. The van der Waals surface area contributed by atoms with Gasteiger partial charge in [0.15, 0.2) is 11.4 Å². The zero-order valence-corrected chi connectivity index (χ0v) is 14.7. The van der Waals surface area contributed by atoms with Crippen LogP contribution in [0.3, 0.4) is 0 Å². The Labute approximate surface area is 153 Å². The van der Waals surface area contributed by atoms with Crippen LogP contribution in [-0.2, 0) is 10.1 Å². The SMILES string of the molecule is Cc1cccc(N=Nc2c(O)c(S(=O)(=O)O)cc3ccccc23)c1[N+](=O)[O-]. The van der Waals surface area contributed by atoms with Crippen LogP contribution in [0.4, 0.5) is 17.1 Å². The Kier molecular flexibility index (Phi) is 4.60. The van der Waals surface area contributed by atoms with Crippen LogP contribution in [0.2, 0.25) is 0 Å². The van der Waals surface area contributed by atoms with Crippen LogP contribution < -0.4 is 0 Å². The fourth-order valence-electron chi connectivity index (χ4n) is 2.66. The molecule has 0 saturated heterocycles. The van der Waals surface area contributed by atoms with E-state index >= 15 is 0 Å². The summed E-state index contributed by atoms with van der Waals surface area (Å²) in [5.74, 6) is -0.796. The first-order valence-electron chi connectivity index (χ1n) is 7.58. The molecule has 0 unspecified atom stereocenters. The van der Waals surface area contributed by atoms with E-state index in [4.69, 9.17) is 0 Å². The molecule has 3 rings (SSSR count). The van der Waals surface area contributed by atoms with Gasteiger partial charge in [-0.05, 0) is 24.4 Å². The van der Waals surface area contributed by atoms with Gasteiger partial charge in [0.2, 0.25) is 0 Å². The summed E-state index contributed by atoms with van der Waals surface area (Å²) in [5, 5.41) is 30.0. The van der Waals surface area contributed by atoms with Crippen LogP contribution in [0.5, 0.6) is 5.75 Å². The number of phenolic OH excluding ortho intramolecular Hbond substituents is 1. The molecule has 0 atom stereocenters. The summed E-state index contributed by atoms with van der Waals surface area (Å²) in [6.07, 6.45) is 0. The van der Waals surface area contributed by atoms with Gasteiger partial charge in [0.05, 0.1) is 4.92 Å². The molecule has 0 radical (unpaired) electrons. The van der Waals surface area contributed by atoms with Crippen molar-refractivity contribution in [2.45, 2.75) is 11.8 Å². The summed E-state index contributed by atoms with van der Waals surface area (Å²) in [6, 6.07) is 12.0. The second kappa shape index (κ2) is 6.74. The number of phenols is 1. The number of nitrogens with zero attached hydrogens (tertiary/aromatic N) is 3. The lowest BCUT2D eigenvalue weighted by molar-refractivity contribution is -0.384. The molecule has 2 N–H and O–H groups in total. The van der Waals surface area contributed by atoms with E-state index in [0.717, 1.165) is 6.07 Å². The fraction of sp³-hybridized carbons (Fsp3) is 0.0588. The summed E-state index contributed by atoms with van der Waals surface area (Å²) in [5.41, 5.74) is -0.162. The lowest BCUT2D eigenvalue weighted by Crippen LogP contribution is -1.98. The standard InChI is InChI=1S/C17H13N3O6S/c1-10-5-4-8-13(16(10)20(22)23)18-19-15-12-7-3-2-6-11(12)9-14(17(15)21)27(24,25)26/h2-9,21H,1H3,(H,24,25,26). The third kappa shape index (κ3) is 3.48. The highest BCUT2D eigenvalue weighted by Gasteiger charge is 2.22. The van der Waals surface area contributed by atoms with Gasteiger partial charge in [0.1, 0.15) is 10.6 Å². The predicted octanol–water partition coefficient (Wildman–Crippen LogP) is 4.42. The van der Waals surface area contributed by atoms with E-state index in [9.17, 15) is 28.2 Å². The minimum Gasteiger partial charge on any atom is -0.504 e. The molecule has 0 aliphatic rings. The van der Waals surface area contributed by atoms with Crippen molar-refractivity contribution in [2.24, 2.45) is 10.2 Å². The van der Waals surface area contributed by atoms with Gasteiger partial charge in [0, 0.05) is 10.9 Å². The molecule has 9 nitrogen and oxygen atoms in total. The lowest BCUT2D eigenvalue weighted by atomic mass is 10.1. The average Bonchev–Trinajstić information content (AvgIpc) is 2.59.